The third kappa shape index (κ3) is 3.02. The van der Waals surface area contributed by atoms with Gasteiger partial charge < -0.3 is 10.6 Å². The maximum absolute atomic E-state index is 5.87. The van der Waals surface area contributed by atoms with Crippen LogP contribution in [0.5, 0.6) is 0 Å². The standard InChI is InChI=1S/C13H16ClN3S/c1-9-12(7-15)18-13(16-9)17(2)8-10-3-5-11(14)6-4-10/h3-6H,7-8,15H2,1-2H3. The summed E-state index contributed by atoms with van der Waals surface area (Å²) in [5, 5.41) is 1.76. The van der Waals surface area contributed by atoms with Crippen LogP contribution in [0.4, 0.5) is 5.13 Å². The summed E-state index contributed by atoms with van der Waals surface area (Å²) in [7, 11) is 2.03. The van der Waals surface area contributed by atoms with Gasteiger partial charge in [0.2, 0.25) is 0 Å². The lowest BCUT2D eigenvalue weighted by atomic mass is 10.2. The zero-order valence-electron chi connectivity index (χ0n) is 10.5. The highest BCUT2D eigenvalue weighted by Crippen LogP contribution is 2.26. The number of benzene rings is 1. The maximum Gasteiger partial charge on any atom is 0.185 e. The van der Waals surface area contributed by atoms with E-state index in [-0.39, 0.29) is 0 Å². The van der Waals surface area contributed by atoms with Gasteiger partial charge in [0, 0.05) is 30.0 Å². The number of aryl methyl sites for hydroxylation is 1. The van der Waals surface area contributed by atoms with Crippen molar-refractivity contribution in [2.45, 2.75) is 20.0 Å². The summed E-state index contributed by atoms with van der Waals surface area (Å²) < 4.78 is 0. The smallest absolute Gasteiger partial charge is 0.185 e. The van der Waals surface area contributed by atoms with Crippen LogP contribution in [-0.4, -0.2) is 12.0 Å². The predicted octanol–water partition coefficient (Wildman–Crippen LogP) is 3.20. The number of rotatable bonds is 4. The van der Waals surface area contributed by atoms with Crippen molar-refractivity contribution in [2.75, 3.05) is 11.9 Å². The van der Waals surface area contributed by atoms with Crippen LogP contribution in [-0.2, 0) is 13.1 Å². The quantitative estimate of drug-likeness (QED) is 0.936. The van der Waals surface area contributed by atoms with Gasteiger partial charge in [-0.1, -0.05) is 23.7 Å². The Morgan fingerprint density at radius 1 is 1.33 bits per heavy atom. The second-order valence-corrected chi connectivity index (χ2v) is 5.69. The van der Waals surface area contributed by atoms with E-state index in [9.17, 15) is 0 Å². The zero-order chi connectivity index (χ0) is 13.1. The molecule has 2 N–H and O–H groups in total. The average Bonchev–Trinajstić information content (AvgIpc) is 2.73. The van der Waals surface area contributed by atoms with Gasteiger partial charge in [-0.15, -0.1) is 11.3 Å². The monoisotopic (exact) mass is 281 g/mol. The lowest BCUT2D eigenvalue weighted by molar-refractivity contribution is 0.910. The second-order valence-electron chi connectivity index (χ2n) is 4.19. The minimum Gasteiger partial charge on any atom is -0.347 e. The number of aromatic nitrogens is 1. The number of anilines is 1. The number of hydrogen-bond donors (Lipinski definition) is 1. The van der Waals surface area contributed by atoms with Crippen molar-refractivity contribution in [3.63, 3.8) is 0 Å². The fraction of sp³-hybridized carbons (Fsp3) is 0.308. The Labute approximate surface area is 116 Å². The number of nitrogens with zero attached hydrogens (tertiary/aromatic N) is 2. The Morgan fingerprint density at radius 3 is 2.56 bits per heavy atom. The molecule has 0 saturated carbocycles. The van der Waals surface area contributed by atoms with Gasteiger partial charge in [0.05, 0.1) is 5.69 Å². The van der Waals surface area contributed by atoms with Crippen LogP contribution in [0.2, 0.25) is 5.02 Å². The molecule has 1 aromatic carbocycles. The number of halogens is 1. The molecule has 1 aromatic heterocycles. The van der Waals surface area contributed by atoms with Crippen molar-refractivity contribution in [3.05, 3.63) is 45.4 Å². The molecule has 0 amide bonds. The van der Waals surface area contributed by atoms with Gasteiger partial charge >= 0.3 is 0 Å². The summed E-state index contributed by atoms with van der Waals surface area (Å²) >= 11 is 7.52. The average molecular weight is 282 g/mol. The van der Waals surface area contributed by atoms with Crippen LogP contribution in [0.15, 0.2) is 24.3 Å². The Balaban J connectivity index is 2.11. The molecule has 0 fully saturated rings. The molecule has 0 saturated heterocycles. The third-order valence-electron chi connectivity index (χ3n) is 2.73. The topological polar surface area (TPSA) is 42.2 Å². The highest BCUT2D eigenvalue weighted by Gasteiger charge is 2.10. The fourth-order valence-electron chi connectivity index (χ4n) is 1.70. The largest absolute Gasteiger partial charge is 0.347 e. The molecular weight excluding hydrogens is 266 g/mol. The van der Waals surface area contributed by atoms with Gasteiger partial charge in [0.15, 0.2) is 5.13 Å². The van der Waals surface area contributed by atoms with Crippen molar-refractivity contribution < 1.29 is 0 Å². The van der Waals surface area contributed by atoms with Crippen molar-refractivity contribution in [1.29, 1.82) is 0 Å². The van der Waals surface area contributed by atoms with E-state index in [1.165, 1.54) is 5.56 Å². The molecule has 0 aliphatic carbocycles. The van der Waals surface area contributed by atoms with E-state index in [0.717, 1.165) is 27.3 Å². The van der Waals surface area contributed by atoms with Crippen LogP contribution in [0.3, 0.4) is 0 Å². The molecular formula is C13H16ClN3S. The lowest BCUT2D eigenvalue weighted by Gasteiger charge is -2.15. The Kier molecular flexibility index (Phi) is 4.22. The first-order valence-corrected chi connectivity index (χ1v) is 6.91. The van der Waals surface area contributed by atoms with E-state index < -0.39 is 0 Å². The van der Waals surface area contributed by atoms with Crippen LogP contribution in [0.25, 0.3) is 0 Å². The van der Waals surface area contributed by atoms with E-state index in [0.29, 0.717) is 6.54 Å². The van der Waals surface area contributed by atoms with Gasteiger partial charge in [-0.05, 0) is 24.6 Å². The number of hydrogen-bond acceptors (Lipinski definition) is 4. The van der Waals surface area contributed by atoms with E-state index in [1.807, 2.05) is 38.2 Å². The summed E-state index contributed by atoms with van der Waals surface area (Å²) in [6.45, 7) is 3.37. The van der Waals surface area contributed by atoms with E-state index in [2.05, 4.69) is 9.88 Å². The lowest BCUT2D eigenvalue weighted by Crippen LogP contribution is -2.15. The number of nitrogens with two attached hydrogens (primary N) is 1. The first-order chi connectivity index (χ1) is 8.60. The maximum atomic E-state index is 5.87. The molecule has 0 bridgehead atoms. The van der Waals surface area contributed by atoms with E-state index in [1.54, 1.807) is 11.3 Å². The first kappa shape index (κ1) is 13.3. The molecule has 0 radical (unpaired) electrons. The molecule has 0 spiro atoms. The minimum atomic E-state index is 0.554. The molecule has 18 heavy (non-hydrogen) atoms. The van der Waals surface area contributed by atoms with Crippen LogP contribution >= 0.6 is 22.9 Å². The summed E-state index contributed by atoms with van der Waals surface area (Å²) in [6, 6.07) is 7.87. The number of thiazole rings is 1. The normalized spacial score (nSPS) is 10.7. The van der Waals surface area contributed by atoms with Crippen LogP contribution < -0.4 is 10.6 Å². The summed E-state index contributed by atoms with van der Waals surface area (Å²) in [4.78, 5) is 7.80. The second kappa shape index (κ2) is 5.69. The molecule has 2 aromatic rings. The molecule has 0 unspecified atom stereocenters. The van der Waals surface area contributed by atoms with Gasteiger partial charge in [-0.2, -0.15) is 0 Å². The molecule has 96 valence electrons. The molecule has 5 heteroatoms. The summed E-state index contributed by atoms with van der Waals surface area (Å²) in [6.07, 6.45) is 0. The molecule has 0 aliphatic rings. The molecule has 1 heterocycles. The zero-order valence-corrected chi connectivity index (χ0v) is 12.1. The Hall–Kier alpha value is -1.10. The van der Waals surface area contributed by atoms with Crippen LogP contribution in [0, 0.1) is 6.92 Å². The van der Waals surface area contributed by atoms with Crippen LogP contribution in [0.1, 0.15) is 16.1 Å². The Morgan fingerprint density at radius 2 is 2.00 bits per heavy atom. The molecule has 3 nitrogen and oxygen atoms in total. The van der Waals surface area contributed by atoms with Gasteiger partial charge in [0.25, 0.3) is 0 Å². The van der Waals surface area contributed by atoms with E-state index in [4.69, 9.17) is 17.3 Å². The van der Waals surface area contributed by atoms with Crippen molar-refractivity contribution in [2.24, 2.45) is 5.73 Å². The minimum absolute atomic E-state index is 0.554. The fourth-order valence-corrected chi connectivity index (χ4v) is 2.72. The molecule has 0 atom stereocenters. The van der Waals surface area contributed by atoms with Crippen molar-refractivity contribution >= 4 is 28.1 Å². The first-order valence-electron chi connectivity index (χ1n) is 5.72. The molecule has 0 aliphatic heterocycles. The predicted molar refractivity (Wildman–Crippen MR) is 78.3 cm³/mol. The van der Waals surface area contributed by atoms with E-state index >= 15 is 0 Å². The third-order valence-corrected chi connectivity index (χ3v) is 4.27. The van der Waals surface area contributed by atoms with Gasteiger partial charge in [0.1, 0.15) is 0 Å². The highest BCUT2D eigenvalue weighted by molar-refractivity contribution is 7.15. The van der Waals surface area contributed by atoms with Gasteiger partial charge in [-0.3, -0.25) is 0 Å². The molecule has 2 rings (SSSR count). The van der Waals surface area contributed by atoms with Crippen molar-refractivity contribution in [3.8, 4) is 0 Å². The summed E-state index contributed by atoms with van der Waals surface area (Å²) in [5.74, 6) is 0. The Bertz CT molecular complexity index is 522. The summed E-state index contributed by atoms with van der Waals surface area (Å²) in [5.41, 5.74) is 7.91. The SMILES string of the molecule is Cc1nc(N(C)Cc2ccc(Cl)cc2)sc1CN. The highest BCUT2D eigenvalue weighted by atomic mass is 35.5. The van der Waals surface area contributed by atoms with Gasteiger partial charge in [-0.25, -0.2) is 4.98 Å². The van der Waals surface area contributed by atoms with Crippen molar-refractivity contribution in [1.82, 2.24) is 4.98 Å².